The molecule has 0 saturated heterocycles. The van der Waals surface area contributed by atoms with E-state index in [4.69, 9.17) is 11.6 Å². The summed E-state index contributed by atoms with van der Waals surface area (Å²) < 4.78 is 13.3. The fraction of sp³-hybridized carbons (Fsp3) is 0. The molecule has 4 rings (SSSR count). The molecule has 0 atom stereocenters. The summed E-state index contributed by atoms with van der Waals surface area (Å²) in [6.07, 6.45) is 0. The Kier molecular flexibility index (Phi) is 3.67. The number of aromatic nitrogens is 2. The van der Waals surface area contributed by atoms with Crippen molar-refractivity contribution in [2.45, 2.75) is 0 Å². The van der Waals surface area contributed by atoms with Gasteiger partial charge < -0.3 is 4.98 Å². The third-order valence-electron chi connectivity index (χ3n) is 3.70. The SMILES string of the molecule is O=c1[nH]c2ccccc2cc1-c1csc(-c2ccc(F)c(Cl)c2)n1. The smallest absolute Gasteiger partial charge is 0.257 e. The van der Waals surface area contributed by atoms with Gasteiger partial charge in [0.25, 0.3) is 5.56 Å². The van der Waals surface area contributed by atoms with E-state index < -0.39 is 5.82 Å². The second-order valence-corrected chi connectivity index (χ2v) is 6.53. The lowest BCUT2D eigenvalue weighted by atomic mass is 10.1. The molecule has 0 spiro atoms. The van der Waals surface area contributed by atoms with Crippen molar-refractivity contribution < 1.29 is 4.39 Å². The molecule has 6 heteroatoms. The minimum absolute atomic E-state index is 0.0489. The van der Waals surface area contributed by atoms with E-state index in [2.05, 4.69) is 9.97 Å². The van der Waals surface area contributed by atoms with Gasteiger partial charge in [0, 0.05) is 16.5 Å². The molecule has 2 aromatic carbocycles. The van der Waals surface area contributed by atoms with Crippen LogP contribution in [0.15, 0.2) is 58.7 Å². The summed E-state index contributed by atoms with van der Waals surface area (Å²) in [5.41, 5.74) is 2.40. The van der Waals surface area contributed by atoms with Gasteiger partial charge in [0.15, 0.2) is 0 Å². The number of rotatable bonds is 2. The first-order chi connectivity index (χ1) is 11.6. The van der Waals surface area contributed by atoms with Crippen molar-refractivity contribution in [3.63, 3.8) is 0 Å². The molecule has 0 bridgehead atoms. The van der Waals surface area contributed by atoms with E-state index in [1.807, 2.05) is 35.7 Å². The average molecular weight is 357 g/mol. The van der Waals surface area contributed by atoms with Gasteiger partial charge >= 0.3 is 0 Å². The predicted molar refractivity (Wildman–Crippen MR) is 96.1 cm³/mol. The van der Waals surface area contributed by atoms with E-state index in [1.165, 1.54) is 23.5 Å². The molecule has 0 amide bonds. The van der Waals surface area contributed by atoms with E-state index in [0.29, 0.717) is 16.3 Å². The van der Waals surface area contributed by atoms with Crippen molar-refractivity contribution in [1.29, 1.82) is 0 Å². The van der Waals surface area contributed by atoms with Gasteiger partial charge in [-0.25, -0.2) is 9.37 Å². The first-order valence-corrected chi connectivity index (χ1v) is 8.41. The van der Waals surface area contributed by atoms with Gasteiger partial charge in [0.05, 0.1) is 16.3 Å². The molecule has 0 radical (unpaired) electrons. The summed E-state index contributed by atoms with van der Waals surface area (Å²) in [5.74, 6) is -0.469. The van der Waals surface area contributed by atoms with Crippen LogP contribution in [0.1, 0.15) is 0 Å². The molecule has 0 aliphatic heterocycles. The van der Waals surface area contributed by atoms with Gasteiger partial charge in [-0.1, -0.05) is 29.8 Å². The highest BCUT2D eigenvalue weighted by Crippen LogP contribution is 2.30. The molecule has 0 unspecified atom stereocenters. The molecule has 0 aliphatic carbocycles. The molecular weight excluding hydrogens is 347 g/mol. The number of hydrogen-bond acceptors (Lipinski definition) is 3. The Morgan fingerprint density at radius 1 is 1.12 bits per heavy atom. The zero-order chi connectivity index (χ0) is 16.7. The quantitative estimate of drug-likeness (QED) is 0.542. The lowest BCUT2D eigenvalue weighted by Gasteiger charge is -2.01. The number of benzene rings is 2. The van der Waals surface area contributed by atoms with Crippen molar-refractivity contribution in [3.8, 4) is 21.8 Å². The summed E-state index contributed by atoms with van der Waals surface area (Å²) in [5, 5.41) is 3.48. The Labute approximate surface area is 145 Å². The van der Waals surface area contributed by atoms with Crippen LogP contribution in [0.4, 0.5) is 4.39 Å². The summed E-state index contributed by atoms with van der Waals surface area (Å²) >= 11 is 7.21. The minimum Gasteiger partial charge on any atom is -0.321 e. The molecular formula is C18H10ClFN2OS. The number of H-pyrrole nitrogens is 1. The maximum atomic E-state index is 13.3. The van der Waals surface area contributed by atoms with Gasteiger partial charge in [-0.3, -0.25) is 4.79 Å². The Morgan fingerprint density at radius 2 is 1.96 bits per heavy atom. The number of fused-ring (bicyclic) bond motifs is 1. The zero-order valence-corrected chi connectivity index (χ0v) is 13.8. The molecule has 2 aromatic heterocycles. The molecule has 24 heavy (non-hydrogen) atoms. The number of hydrogen-bond donors (Lipinski definition) is 1. The summed E-state index contributed by atoms with van der Waals surface area (Å²) in [6, 6.07) is 13.9. The van der Waals surface area contributed by atoms with Crippen molar-refractivity contribution in [2.24, 2.45) is 0 Å². The maximum absolute atomic E-state index is 13.3. The van der Waals surface area contributed by atoms with Crippen LogP contribution in [-0.2, 0) is 0 Å². The van der Waals surface area contributed by atoms with Crippen molar-refractivity contribution in [1.82, 2.24) is 9.97 Å². The zero-order valence-electron chi connectivity index (χ0n) is 12.2. The van der Waals surface area contributed by atoms with Crippen molar-refractivity contribution in [2.75, 3.05) is 0 Å². The van der Waals surface area contributed by atoms with Crippen LogP contribution in [-0.4, -0.2) is 9.97 Å². The number of pyridine rings is 1. The van der Waals surface area contributed by atoms with Gasteiger partial charge in [-0.05, 0) is 35.7 Å². The monoisotopic (exact) mass is 356 g/mol. The number of halogens is 2. The standard InChI is InChI=1S/C18H10ClFN2OS/c19-13-8-11(5-6-14(13)20)18-22-16(9-24-18)12-7-10-3-1-2-4-15(10)21-17(12)23/h1-9H,(H,21,23). The number of aromatic amines is 1. The maximum Gasteiger partial charge on any atom is 0.257 e. The minimum atomic E-state index is -0.469. The lowest BCUT2D eigenvalue weighted by molar-refractivity contribution is 0.628. The summed E-state index contributed by atoms with van der Waals surface area (Å²) in [4.78, 5) is 19.7. The molecule has 2 heterocycles. The van der Waals surface area contributed by atoms with Crippen LogP contribution in [0.2, 0.25) is 5.02 Å². The number of para-hydroxylation sites is 1. The topological polar surface area (TPSA) is 45.8 Å². The number of thiazole rings is 1. The van der Waals surface area contributed by atoms with E-state index in [-0.39, 0.29) is 10.6 Å². The van der Waals surface area contributed by atoms with Crippen LogP contribution in [0.5, 0.6) is 0 Å². The molecule has 3 nitrogen and oxygen atoms in total. The first kappa shape index (κ1) is 15.1. The third-order valence-corrected chi connectivity index (χ3v) is 4.88. The van der Waals surface area contributed by atoms with Gasteiger partial charge in [-0.15, -0.1) is 11.3 Å². The highest BCUT2D eigenvalue weighted by Gasteiger charge is 2.12. The highest BCUT2D eigenvalue weighted by atomic mass is 35.5. The van der Waals surface area contributed by atoms with E-state index in [9.17, 15) is 9.18 Å². The Hall–Kier alpha value is -2.50. The fourth-order valence-corrected chi connectivity index (χ4v) is 3.49. The van der Waals surface area contributed by atoms with Gasteiger partial charge in [0.2, 0.25) is 0 Å². The largest absolute Gasteiger partial charge is 0.321 e. The van der Waals surface area contributed by atoms with Crippen LogP contribution >= 0.6 is 22.9 Å². The van der Waals surface area contributed by atoms with Gasteiger partial charge in [-0.2, -0.15) is 0 Å². The summed E-state index contributed by atoms with van der Waals surface area (Å²) in [7, 11) is 0. The number of nitrogens with one attached hydrogen (secondary N) is 1. The Balaban J connectivity index is 1.81. The normalized spacial score (nSPS) is 11.1. The molecule has 118 valence electrons. The summed E-state index contributed by atoms with van der Waals surface area (Å²) in [6.45, 7) is 0. The highest BCUT2D eigenvalue weighted by molar-refractivity contribution is 7.13. The van der Waals surface area contributed by atoms with E-state index >= 15 is 0 Å². The average Bonchev–Trinajstić information content (AvgIpc) is 3.06. The molecule has 0 saturated carbocycles. The first-order valence-electron chi connectivity index (χ1n) is 7.15. The lowest BCUT2D eigenvalue weighted by Crippen LogP contribution is -2.08. The second kappa shape index (κ2) is 5.85. The molecule has 4 aromatic rings. The second-order valence-electron chi connectivity index (χ2n) is 5.27. The van der Waals surface area contributed by atoms with Crippen LogP contribution in [0.25, 0.3) is 32.7 Å². The molecule has 0 aliphatic rings. The van der Waals surface area contributed by atoms with Crippen LogP contribution < -0.4 is 5.56 Å². The Morgan fingerprint density at radius 3 is 2.79 bits per heavy atom. The fourth-order valence-electron chi connectivity index (χ4n) is 2.50. The third kappa shape index (κ3) is 2.62. The van der Waals surface area contributed by atoms with E-state index in [0.717, 1.165) is 16.5 Å². The molecule has 0 fully saturated rings. The van der Waals surface area contributed by atoms with Gasteiger partial charge in [0.1, 0.15) is 10.8 Å². The molecule has 1 N–H and O–H groups in total. The number of nitrogens with zero attached hydrogens (tertiary/aromatic N) is 1. The van der Waals surface area contributed by atoms with Crippen molar-refractivity contribution >= 4 is 33.8 Å². The van der Waals surface area contributed by atoms with Crippen LogP contribution in [0.3, 0.4) is 0 Å². The van der Waals surface area contributed by atoms with Crippen molar-refractivity contribution in [3.05, 3.63) is 75.1 Å². The predicted octanol–water partition coefficient (Wildman–Crippen LogP) is 5.11. The van der Waals surface area contributed by atoms with Crippen LogP contribution in [0, 0.1) is 5.82 Å². The van der Waals surface area contributed by atoms with E-state index in [1.54, 1.807) is 6.07 Å². The Bertz CT molecular complexity index is 1120.